The van der Waals surface area contributed by atoms with Crippen LogP contribution in [0.25, 0.3) is 0 Å². The first-order valence-corrected chi connectivity index (χ1v) is 11.2. The summed E-state index contributed by atoms with van der Waals surface area (Å²) in [4.78, 5) is 14.9. The molecule has 0 atom stereocenters. The van der Waals surface area contributed by atoms with E-state index in [1.165, 1.54) is 37.9 Å². The Morgan fingerprint density at radius 3 is 2.57 bits per heavy atom. The average Bonchev–Trinajstić information content (AvgIpc) is 2.78. The van der Waals surface area contributed by atoms with Gasteiger partial charge in [-0.05, 0) is 36.4 Å². The predicted molar refractivity (Wildman–Crippen MR) is 113 cm³/mol. The highest BCUT2D eigenvalue weighted by molar-refractivity contribution is 7.89. The fourth-order valence-electron chi connectivity index (χ4n) is 3.28. The van der Waals surface area contributed by atoms with Gasteiger partial charge in [-0.25, -0.2) is 13.1 Å². The maximum Gasteiger partial charge on any atom is 0.251 e. The van der Waals surface area contributed by atoms with Gasteiger partial charge in [-0.3, -0.25) is 9.69 Å². The molecule has 30 heavy (non-hydrogen) atoms. The highest BCUT2D eigenvalue weighted by Crippen LogP contribution is 2.24. The third kappa shape index (κ3) is 5.57. The Hall–Kier alpha value is -2.46. The minimum atomic E-state index is -3.75. The van der Waals surface area contributed by atoms with Crippen molar-refractivity contribution in [1.29, 1.82) is 0 Å². The molecule has 2 aromatic carbocycles. The first kappa shape index (κ1) is 22.2. The number of hydrogen-bond donors (Lipinski definition) is 2. The van der Waals surface area contributed by atoms with Gasteiger partial charge in [0.25, 0.3) is 5.91 Å². The van der Waals surface area contributed by atoms with Gasteiger partial charge in [-0.2, -0.15) is 0 Å². The number of amides is 1. The fourth-order valence-corrected chi connectivity index (χ4v) is 4.20. The average molecular weight is 434 g/mol. The van der Waals surface area contributed by atoms with E-state index in [1.54, 1.807) is 0 Å². The molecular formula is C21H27N3O5S. The van der Waals surface area contributed by atoms with Gasteiger partial charge in [0.2, 0.25) is 10.0 Å². The molecule has 1 aliphatic rings. The molecular weight excluding hydrogens is 406 g/mol. The van der Waals surface area contributed by atoms with Crippen LogP contribution in [-0.2, 0) is 27.8 Å². The van der Waals surface area contributed by atoms with E-state index < -0.39 is 10.0 Å². The smallest absolute Gasteiger partial charge is 0.251 e. The number of nitrogens with zero attached hydrogens (tertiary/aromatic N) is 1. The largest absolute Gasteiger partial charge is 0.495 e. The summed E-state index contributed by atoms with van der Waals surface area (Å²) < 4.78 is 37.1. The molecule has 1 heterocycles. The van der Waals surface area contributed by atoms with Crippen LogP contribution in [0.15, 0.2) is 47.4 Å². The summed E-state index contributed by atoms with van der Waals surface area (Å²) in [5.74, 6) is -0.180. The van der Waals surface area contributed by atoms with Crippen LogP contribution < -0.4 is 14.8 Å². The maximum absolute atomic E-state index is 12.6. The molecule has 1 aliphatic heterocycles. The number of benzene rings is 2. The van der Waals surface area contributed by atoms with Crippen LogP contribution >= 0.6 is 0 Å². The topological polar surface area (TPSA) is 97.0 Å². The number of morpholine rings is 1. The molecule has 0 aliphatic carbocycles. The summed E-state index contributed by atoms with van der Waals surface area (Å²) in [6, 6.07) is 12.4. The van der Waals surface area contributed by atoms with E-state index in [0.717, 1.165) is 38.4 Å². The Morgan fingerprint density at radius 1 is 1.13 bits per heavy atom. The lowest BCUT2D eigenvalue weighted by Crippen LogP contribution is -2.35. The van der Waals surface area contributed by atoms with E-state index in [-0.39, 0.29) is 22.1 Å². The molecule has 0 spiro atoms. The molecule has 1 amide bonds. The van der Waals surface area contributed by atoms with Gasteiger partial charge in [0.05, 0.1) is 20.3 Å². The molecule has 0 radical (unpaired) electrons. The Kier molecular flexibility index (Phi) is 7.43. The minimum absolute atomic E-state index is 0.0762. The van der Waals surface area contributed by atoms with Crippen molar-refractivity contribution in [3.63, 3.8) is 0 Å². The number of methoxy groups -OCH3 is 1. The van der Waals surface area contributed by atoms with Gasteiger partial charge in [0, 0.05) is 31.7 Å². The van der Waals surface area contributed by atoms with Gasteiger partial charge >= 0.3 is 0 Å². The van der Waals surface area contributed by atoms with E-state index in [2.05, 4.69) is 27.1 Å². The third-order valence-corrected chi connectivity index (χ3v) is 6.37. The van der Waals surface area contributed by atoms with E-state index in [0.29, 0.717) is 6.54 Å². The quantitative estimate of drug-likeness (QED) is 0.653. The van der Waals surface area contributed by atoms with Crippen molar-refractivity contribution in [3.8, 4) is 5.75 Å². The lowest BCUT2D eigenvalue weighted by molar-refractivity contribution is 0.0342. The van der Waals surface area contributed by atoms with Crippen molar-refractivity contribution in [2.24, 2.45) is 0 Å². The number of ether oxygens (including phenoxy) is 2. The highest BCUT2D eigenvalue weighted by Gasteiger charge is 2.20. The van der Waals surface area contributed by atoms with Crippen molar-refractivity contribution in [1.82, 2.24) is 14.9 Å². The van der Waals surface area contributed by atoms with Crippen molar-refractivity contribution in [2.75, 3.05) is 40.5 Å². The molecule has 2 N–H and O–H groups in total. The van der Waals surface area contributed by atoms with E-state index in [4.69, 9.17) is 9.47 Å². The number of hydrogen-bond acceptors (Lipinski definition) is 6. The number of sulfonamides is 1. The number of carbonyl (C=O) groups is 1. The van der Waals surface area contributed by atoms with Crippen LogP contribution in [0, 0.1) is 0 Å². The van der Waals surface area contributed by atoms with Crippen molar-refractivity contribution in [2.45, 2.75) is 18.0 Å². The summed E-state index contributed by atoms with van der Waals surface area (Å²) in [5, 5.41) is 2.85. The zero-order chi connectivity index (χ0) is 21.6. The van der Waals surface area contributed by atoms with Gasteiger partial charge in [-0.1, -0.05) is 24.3 Å². The zero-order valence-electron chi connectivity index (χ0n) is 17.2. The second kappa shape index (κ2) is 10.0. The lowest BCUT2D eigenvalue weighted by Gasteiger charge is -2.26. The summed E-state index contributed by atoms with van der Waals surface area (Å²) in [6.07, 6.45) is 0. The van der Waals surface area contributed by atoms with Crippen LogP contribution in [0.5, 0.6) is 5.75 Å². The van der Waals surface area contributed by atoms with Crippen molar-refractivity contribution < 1.29 is 22.7 Å². The van der Waals surface area contributed by atoms with Crippen LogP contribution in [-0.4, -0.2) is 59.7 Å². The van der Waals surface area contributed by atoms with Gasteiger partial charge in [-0.15, -0.1) is 0 Å². The van der Waals surface area contributed by atoms with Crippen LogP contribution in [0.3, 0.4) is 0 Å². The second-order valence-electron chi connectivity index (χ2n) is 6.96. The van der Waals surface area contributed by atoms with Crippen molar-refractivity contribution >= 4 is 15.9 Å². The Balaban J connectivity index is 1.67. The summed E-state index contributed by atoms with van der Waals surface area (Å²) in [7, 11) is -1.06. The number of nitrogens with one attached hydrogen (secondary N) is 2. The molecule has 8 nitrogen and oxygen atoms in total. The first-order chi connectivity index (χ1) is 14.4. The Bertz CT molecular complexity index is 988. The Morgan fingerprint density at radius 2 is 1.87 bits per heavy atom. The van der Waals surface area contributed by atoms with Gasteiger partial charge in [0.1, 0.15) is 10.6 Å². The third-order valence-electron chi connectivity index (χ3n) is 4.94. The molecule has 9 heteroatoms. The summed E-state index contributed by atoms with van der Waals surface area (Å²) >= 11 is 0. The molecule has 0 bridgehead atoms. The molecule has 1 saturated heterocycles. The normalized spacial score (nSPS) is 15.0. The lowest BCUT2D eigenvalue weighted by atomic mass is 10.1. The Labute approximate surface area is 177 Å². The number of rotatable bonds is 8. The SMILES string of the molecule is CNS(=O)(=O)c1cc(C(=O)NCc2cccc(CN3CCOCC3)c2)ccc1OC. The molecule has 3 rings (SSSR count). The highest BCUT2D eigenvalue weighted by atomic mass is 32.2. The number of carbonyl (C=O) groups excluding carboxylic acids is 1. The van der Waals surface area contributed by atoms with Gasteiger partial charge in [0.15, 0.2) is 0 Å². The first-order valence-electron chi connectivity index (χ1n) is 9.70. The van der Waals surface area contributed by atoms with E-state index in [9.17, 15) is 13.2 Å². The molecule has 162 valence electrons. The molecule has 0 aromatic heterocycles. The van der Waals surface area contributed by atoms with E-state index in [1.807, 2.05) is 12.1 Å². The molecule has 2 aromatic rings. The van der Waals surface area contributed by atoms with Crippen LogP contribution in [0.4, 0.5) is 0 Å². The summed E-state index contributed by atoms with van der Waals surface area (Å²) in [6.45, 7) is 4.52. The fraction of sp³-hybridized carbons (Fsp3) is 0.381. The van der Waals surface area contributed by atoms with Crippen LogP contribution in [0.1, 0.15) is 21.5 Å². The monoisotopic (exact) mass is 433 g/mol. The van der Waals surface area contributed by atoms with Crippen molar-refractivity contribution in [3.05, 3.63) is 59.2 Å². The van der Waals surface area contributed by atoms with Crippen LogP contribution in [0.2, 0.25) is 0 Å². The maximum atomic E-state index is 12.6. The molecule has 1 fully saturated rings. The second-order valence-corrected chi connectivity index (χ2v) is 8.82. The van der Waals surface area contributed by atoms with E-state index >= 15 is 0 Å². The minimum Gasteiger partial charge on any atom is -0.495 e. The predicted octanol–water partition coefficient (Wildman–Crippen LogP) is 1.37. The zero-order valence-corrected chi connectivity index (χ0v) is 18.0. The standard InChI is InChI=1S/C21H27N3O5S/c1-22-30(26,27)20-13-18(6-7-19(20)28-2)21(25)23-14-16-4-3-5-17(12-16)15-24-8-10-29-11-9-24/h3-7,12-13,22H,8-11,14-15H2,1-2H3,(H,23,25). The van der Waals surface area contributed by atoms with Gasteiger partial charge < -0.3 is 14.8 Å². The molecule has 0 unspecified atom stereocenters. The molecule has 0 saturated carbocycles. The summed E-state index contributed by atoms with van der Waals surface area (Å²) in [5.41, 5.74) is 2.40.